The maximum Gasteiger partial charge on any atom is 0.243 e. The second-order valence-electron chi connectivity index (χ2n) is 4.66. The summed E-state index contributed by atoms with van der Waals surface area (Å²) < 4.78 is 26.2. The van der Waals surface area contributed by atoms with Crippen LogP contribution in [0.25, 0.3) is 0 Å². The Labute approximate surface area is 114 Å². The molecule has 0 aromatic heterocycles. The summed E-state index contributed by atoms with van der Waals surface area (Å²) in [7, 11) is -3.61. The Morgan fingerprint density at radius 3 is 2.37 bits per heavy atom. The van der Waals surface area contributed by atoms with Crippen LogP contribution >= 0.6 is 0 Å². The maximum atomic E-state index is 12.4. The highest BCUT2D eigenvalue weighted by Crippen LogP contribution is 2.20. The van der Waals surface area contributed by atoms with Gasteiger partial charge < -0.3 is 5.11 Å². The fourth-order valence-corrected chi connectivity index (χ4v) is 3.26. The van der Waals surface area contributed by atoms with Crippen molar-refractivity contribution in [2.24, 2.45) is 5.92 Å². The molecule has 0 saturated carbocycles. The molecule has 1 rings (SSSR count). The molecule has 0 radical (unpaired) electrons. The predicted octanol–water partition coefficient (Wildman–Crippen LogP) is 1.95. The Morgan fingerprint density at radius 2 is 1.89 bits per heavy atom. The maximum absolute atomic E-state index is 12.4. The Hall–Kier alpha value is -1.58. The molecular weight excluding hydrogens is 264 g/mol. The summed E-state index contributed by atoms with van der Waals surface area (Å²) in [5.74, 6) is 0.192. The highest BCUT2D eigenvalue weighted by Gasteiger charge is 2.24. The van der Waals surface area contributed by atoms with Crippen LogP contribution in [-0.4, -0.2) is 30.9 Å². The minimum absolute atomic E-state index is 0.0198. The largest absolute Gasteiger partial charge is 0.508 e. The molecule has 104 valence electrons. The topological polar surface area (TPSA) is 81.4 Å². The zero-order chi connectivity index (χ0) is 14.5. The minimum atomic E-state index is -3.61. The molecule has 0 spiro atoms. The van der Waals surface area contributed by atoms with Crippen LogP contribution in [0, 0.1) is 17.2 Å². The number of aromatic hydroxyl groups is 1. The summed E-state index contributed by atoms with van der Waals surface area (Å²) in [5, 5.41) is 17.8. The molecule has 1 aromatic carbocycles. The van der Waals surface area contributed by atoms with Crippen LogP contribution in [0.15, 0.2) is 29.2 Å². The van der Waals surface area contributed by atoms with E-state index in [-0.39, 0.29) is 29.5 Å². The quantitative estimate of drug-likeness (QED) is 0.864. The van der Waals surface area contributed by atoms with E-state index < -0.39 is 10.0 Å². The summed E-state index contributed by atoms with van der Waals surface area (Å²) >= 11 is 0. The normalized spacial score (nSPS) is 11.7. The van der Waals surface area contributed by atoms with Crippen LogP contribution in [0.5, 0.6) is 5.75 Å². The Bertz CT molecular complexity index is 544. The molecule has 0 bridgehead atoms. The van der Waals surface area contributed by atoms with Gasteiger partial charge >= 0.3 is 0 Å². The molecule has 0 saturated heterocycles. The Morgan fingerprint density at radius 1 is 1.32 bits per heavy atom. The molecule has 0 aliphatic rings. The molecule has 1 aromatic rings. The number of nitrogens with zero attached hydrogens (tertiary/aromatic N) is 2. The van der Waals surface area contributed by atoms with Crippen molar-refractivity contribution in [1.82, 2.24) is 4.31 Å². The number of nitriles is 1. The molecular formula is C13H18N2O3S. The van der Waals surface area contributed by atoms with E-state index in [0.29, 0.717) is 6.54 Å². The average Bonchev–Trinajstić information content (AvgIpc) is 2.34. The molecule has 0 unspecified atom stereocenters. The first kappa shape index (κ1) is 15.5. The third-order valence-corrected chi connectivity index (χ3v) is 4.40. The van der Waals surface area contributed by atoms with Crippen molar-refractivity contribution in [2.45, 2.75) is 25.2 Å². The highest BCUT2D eigenvalue weighted by atomic mass is 32.2. The van der Waals surface area contributed by atoms with Crippen LogP contribution in [0.2, 0.25) is 0 Å². The van der Waals surface area contributed by atoms with Gasteiger partial charge in [-0.25, -0.2) is 8.42 Å². The Kier molecular flexibility index (Phi) is 5.33. The highest BCUT2D eigenvalue weighted by molar-refractivity contribution is 7.89. The minimum Gasteiger partial charge on any atom is -0.508 e. The van der Waals surface area contributed by atoms with Gasteiger partial charge in [0.2, 0.25) is 10.0 Å². The first-order chi connectivity index (χ1) is 8.87. The lowest BCUT2D eigenvalue weighted by Gasteiger charge is -2.23. The standard InChI is InChI=1S/C13H18N2O3S/c1-11(2)10-15(9-3-8-14)19(17,18)13-6-4-12(16)5-7-13/h4-7,11,16H,3,9-10H2,1-2H3. The number of hydrogen-bond acceptors (Lipinski definition) is 4. The van der Waals surface area contributed by atoms with E-state index in [1.54, 1.807) is 0 Å². The molecule has 5 nitrogen and oxygen atoms in total. The molecule has 1 N–H and O–H groups in total. The van der Waals surface area contributed by atoms with Gasteiger partial charge in [-0.05, 0) is 30.2 Å². The summed E-state index contributed by atoms with van der Waals surface area (Å²) in [6.45, 7) is 4.39. The third kappa shape index (κ3) is 4.23. The van der Waals surface area contributed by atoms with Gasteiger partial charge in [-0.3, -0.25) is 0 Å². The molecule has 0 fully saturated rings. The van der Waals surface area contributed by atoms with E-state index in [1.807, 2.05) is 19.9 Å². The van der Waals surface area contributed by atoms with Crippen LogP contribution < -0.4 is 0 Å². The molecule has 0 amide bonds. The third-order valence-electron chi connectivity index (χ3n) is 2.52. The van der Waals surface area contributed by atoms with Crippen molar-refractivity contribution in [3.63, 3.8) is 0 Å². The van der Waals surface area contributed by atoms with Gasteiger partial charge in [0.05, 0.1) is 11.0 Å². The van der Waals surface area contributed by atoms with Gasteiger partial charge in [-0.1, -0.05) is 13.8 Å². The molecule has 0 aliphatic heterocycles. The molecule has 0 aliphatic carbocycles. The number of benzene rings is 1. The van der Waals surface area contributed by atoms with E-state index in [2.05, 4.69) is 0 Å². The van der Waals surface area contributed by atoms with E-state index in [4.69, 9.17) is 5.26 Å². The Balaban J connectivity index is 3.04. The monoisotopic (exact) mass is 282 g/mol. The molecule has 0 atom stereocenters. The number of phenolic OH excluding ortho intramolecular Hbond substituents is 1. The lowest BCUT2D eigenvalue weighted by Crippen LogP contribution is -2.35. The van der Waals surface area contributed by atoms with Crippen molar-refractivity contribution < 1.29 is 13.5 Å². The van der Waals surface area contributed by atoms with Crippen molar-refractivity contribution >= 4 is 10.0 Å². The molecule has 19 heavy (non-hydrogen) atoms. The van der Waals surface area contributed by atoms with Crippen LogP contribution in [0.3, 0.4) is 0 Å². The zero-order valence-electron chi connectivity index (χ0n) is 11.1. The first-order valence-electron chi connectivity index (χ1n) is 6.04. The van der Waals surface area contributed by atoms with Crippen molar-refractivity contribution in [2.75, 3.05) is 13.1 Å². The van der Waals surface area contributed by atoms with Crippen molar-refractivity contribution in [3.05, 3.63) is 24.3 Å². The average molecular weight is 282 g/mol. The first-order valence-corrected chi connectivity index (χ1v) is 7.48. The van der Waals surface area contributed by atoms with Crippen LogP contribution in [-0.2, 0) is 10.0 Å². The second-order valence-corrected chi connectivity index (χ2v) is 6.60. The van der Waals surface area contributed by atoms with E-state index in [1.165, 1.54) is 28.6 Å². The number of hydrogen-bond donors (Lipinski definition) is 1. The second kappa shape index (κ2) is 6.55. The van der Waals surface area contributed by atoms with E-state index >= 15 is 0 Å². The summed E-state index contributed by atoms with van der Waals surface area (Å²) in [6, 6.07) is 7.36. The summed E-state index contributed by atoms with van der Waals surface area (Å²) in [5.41, 5.74) is 0. The summed E-state index contributed by atoms with van der Waals surface area (Å²) in [6.07, 6.45) is 0.157. The van der Waals surface area contributed by atoms with E-state index in [9.17, 15) is 13.5 Å². The lowest BCUT2D eigenvalue weighted by atomic mass is 10.2. The van der Waals surface area contributed by atoms with Gasteiger partial charge in [0.15, 0.2) is 0 Å². The summed E-state index contributed by atoms with van der Waals surface area (Å²) in [4.78, 5) is 0.129. The molecule has 6 heteroatoms. The number of rotatable bonds is 6. The van der Waals surface area contributed by atoms with Gasteiger partial charge in [-0.15, -0.1) is 0 Å². The zero-order valence-corrected chi connectivity index (χ0v) is 11.9. The lowest BCUT2D eigenvalue weighted by molar-refractivity contribution is 0.373. The number of sulfonamides is 1. The van der Waals surface area contributed by atoms with Gasteiger partial charge in [-0.2, -0.15) is 9.57 Å². The fourth-order valence-electron chi connectivity index (χ4n) is 1.66. The van der Waals surface area contributed by atoms with Crippen molar-refractivity contribution in [3.8, 4) is 11.8 Å². The van der Waals surface area contributed by atoms with Crippen molar-refractivity contribution in [1.29, 1.82) is 5.26 Å². The van der Waals surface area contributed by atoms with Gasteiger partial charge in [0.1, 0.15) is 5.75 Å². The van der Waals surface area contributed by atoms with Crippen LogP contribution in [0.4, 0.5) is 0 Å². The number of phenols is 1. The van der Waals surface area contributed by atoms with Gasteiger partial charge in [0, 0.05) is 19.5 Å². The SMILES string of the molecule is CC(C)CN(CCC#N)S(=O)(=O)c1ccc(O)cc1. The van der Waals surface area contributed by atoms with Crippen LogP contribution in [0.1, 0.15) is 20.3 Å². The fraction of sp³-hybridized carbons (Fsp3) is 0.462. The van der Waals surface area contributed by atoms with E-state index in [0.717, 1.165) is 0 Å². The van der Waals surface area contributed by atoms with Gasteiger partial charge in [0.25, 0.3) is 0 Å². The smallest absolute Gasteiger partial charge is 0.243 e. The predicted molar refractivity (Wildman–Crippen MR) is 71.9 cm³/mol. The molecule has 0 heterocycles.